The average molecular weight is 352 g/mol. The van der Waals surface area contributed by atoms with Gasteiger partial charge in [-0.3, -0.25) is 9.59 Å². The van der Waals surface area contributed by atoms with Gasteiger partial charge in [0.2, 0.25) is 11.8 Å². The van der Waals surface area contributed by atoms with Crippen LogP contribution in [0.3, 0.4) is 0 Å². The smallest absolute Gasteiger partial charge is 0.227 e. The van der Waals surface area contributed by atoms with E-state index in [4.69, 9.17) is 0 Å². The summed E-state index contributed by atoms with van der Waals surface area (Å²) < 4.78 is 0. The molecule has 0 radical (unpaired) electrons. The van der Waals surface area contributed by atoms with E-state index in [1.54, 1.807) is 0 Å². The maximum absolute atomic E-state index is 12.1. The zero-order valence-corrected chi connectivity index (χ0v) is 14.7. The molecule has 2 aliphatic rings. The molecule has 24 heavy (non-hydrogen) atoms. The highest BCUT2D eigenvalue weighted by Crippen LogP contribution is 2.27. The fraction of sp³-hybridized carbons (Fsp3) is 0.556. The largest absolute Gasteiger partial charge is 0.352 e. The molecular formula is C18H26ClN3O2. The zero-order chi connectivity index (χ0) is 16.1. The van der Waals surface area contributed by atoms with E-state index in [0.29, 0.717) is 6.54 Å². The van der Waals surface area contributed by atoms with Crippen LogP contribution >= 0.6 is 12.4 Å². The van der Waals surface area contributed by atoms with Gasteiger partial charge in [-0.1, -0.05) is 18.6 Å². The molecule has 1 atom stereocenters. The number of halogens is 1. The van der Waals surface area contributed by atoms with Crippen molar-refractivity contribution in [2.24, 2.45) is 11.8 Å². The van der Waals surface area contributed by atoms with Crippen molar-refractivity contribution in [2.45, 2.75) is 38.6 Å². The Kier molecular flexibility index (Phi) is 7.06. The SMILES string of the molecule is Cl.O=C(NCc1cccc(NC(=O)C2CCC2)c1)C1CCCNC1. The summed E-state index contributed by atoms with van der Waals surface area (Å²) in [6.07, 6.45) is 5.16. The lowest BCUT2D eigenvalue weighted by molar-refractivity contribution is -0.125. The van der Waals surface area contributed by atoms with Crippen molar-refractivity contribution in [2.75, 3.05) is 18.4 Å². The second-order valence-electron chi connectivity index (χ2n) is 6.58. The molecule has 1 unspecified atom stereocenters. The molecule has 1 aromatic rings. The minimum atomic E-state index is 0. The van der Waals surface area contributed by atoms with Gasteiger partial charge in [0.1, 0.15) is 0 Å². The van der Waals surface area contributed by atoms with Gasteiger partial charge in [-0.2, -0.15) is 0 Å². The molecule has 0 bridgehead atoms. The molecule has 3 rings (SSSR count). The van der Waals surface area contributed by atoms with Crippen molar-refractivity contribution >= 4 is 29.9 Å². The van der Waals surface area contributed by atoms with Crippen molar-refractivity contribution in [3.05, 3.63) is 29.8 Å². The number of benzene rings is 1. The Labute approximate surface area is 149 Å². The standard InChI is InChI=1S/C18H25N3O2.ClH/c22-17(15-7-3-9-19-12-15)20-11-13-4-1-8-16(10-13)21-18(23)14-5-2-6-14;/h1,4,8,10,14-15,19H,2-3,5-7,9,11-12H2,(H,20,22)(H,21,23);1H. The van der Waals surface area contributed by atoms with Crippen molar-refractivity contribution in [3.63, 3.8) is 0 Å². The predicted octanol–water partition coefficient (Wildman–Crippen LogP) is 2.46. The Morgan fingerprint density at radius 1 is 1.08 bits per heavy atom. The third kappa shape index (κ3) is 4.95. The van der Waals surface area contributed by atoms with Crippen molar-refractivity contribution in [1.82, 2.24) is 10.6 Å². The van der Waals surface area contributed by atoms with Crippen molar-refractivity contribution < 1.29 is 9.59 Å². The first-order valence-electron chi connectivity index (χ1n) is 8.60. The highest BCUT2D eigenvalue weighted by atomic mass is 35.5. The molecule has 132 valence electrons. The summed E-state index contributed by atoms with van der Waals surface area (Å²) in [4.78, 5) is 24.1. The van der Waals surface area contributed by atoms with E-state index in [-0.39, 0.29) is 36.1 Å². The van der Waals surface area contributed by atoms with E-state index in [9.17, 15) is 9.59 Å². The zero-order valence-electron chi connectivity index (χ0n) is 13.8. The number of hydrogen-bond donors (Lipinski definition) is 3. The minimum Gasteiger partial charge on any atom is -0.352 e. The molecule has 5 nitrogen and oxygen atoms in total. The van der Waals surface area contributed by atoms with E-state index in [1.807, 2.05) is 24.3 Å². The van der Waals surface area contributed by atoms with Crippen LogP contribution in [0, 0.1) is 11.8 Å². The number of nitrogens with one attached hydrogen (secondary N) is 3. The molecule has 0 aromatic heterocycles. The monoisotopic (exact) mass is 351 g/mol. The molecule has 6 heteroatoms. The maximum Gasteiger partial charge on any atom is 0.227 e. The van der Waals surface area contributed by atoms with Crippen LogP contribution in [0.2, 0.25) is 0 Å². The number of rotatable bonds is 5. The summed E-state index contributed by atoms with van der Waals surface area (Å²) in [5.41, 5.74) is 1.82. The van der Waals surface area contributed by atoms with Gasteiger partial charge < -0.3 is 16.0 Å². The van der Waals surface area contributed by atoms with E-state index >= 15 is 0 Å². The van der Waals surface area contributed by atoms with Crippen LogP contribution < -0.4 is 16.0 Å². The highest BCUT2D eigenvalue weighted by molar-refractivity contribution is 5.93. The third-order valence-electron chi connectivity index (χ3n) is 4.80. The van der Waals surface area contributed by atoms with Crippen LogP contribution in [0.25, 0.3) is 0 Å². The Bertz CT molecular complexity index is 569. The summed E-state index contributed by atoms with van der Waals surface area (Å²) in [6, 6.07) is 7.72. The van der Waals surface area contributed by atoms with Crippen LogP contribution in [0.1, 0.15) is 37.7 Å². The maximum atomic E-state index is 12.1. The molecule has 1 aromatic carbocycles. The normalized spacial score (nSPS) is 20.4. The first-order chi connectivity index (χ1) is 11.2. The number of piperidine rings is 1. The lowest BCUT2D eigenvalue weighted by Crippen LogP contribution is -2.40. The number of anilines is 1. The molecule has 1 saturated heterocycles. The number of hydrogen-bond acceptors (Lipinski definition) is 3. The van der Waals surface area contributed by atoms with Gasteiger partial charge in [0.05, 0.1) is 5.92 Å². The third-order valence-corrected chi connectivity index (χ3v) is 4.80. The topological polar surface area (TPSA) is 70.2 Å². The van der Waals surface area contributed by atoms with E-state index in [0.717, 1.165) is 56.4 Å². The van der Waals surface area contributed by atoms with Crippen LogP contribution in [0.5, 0.6) is 0 Å². The first kappa shape index (κ1) is 18.7. The van der Waals surface area contributed by atoms with Crippen molar-refractivity contribution in [1.29, 1.82) is 0 Å². The Balaban J connectivity index is 0.00000208. The second-order valence-corrected chi connectivity index (χ2v) is 6.58. The molecule has 1 aliphatic heterocycles. The molecule has 1 saturated carbocycles. The molecule has 1 heterocycles. The fourth-order valence-corrected chi connectivity index (χ4v) is 3.08. The van der Waals surface area contributed by atoms with Crippen LogP contribution in [-0.2, 0) is 16.1 Å². The summed E-state index contributed by atoms with van der Waals surface area (Å²) in [5, 5.41) is 9.23. The highest BCUT2D eigenvalue weighted by Gasteiger charge is 2.25. The Morgan fingerprint density at radius 2 is 1.88 bits per heavy atom. The van der Waals surface area contributed by atoms with Gasteiger partial charge in [0.15, 0.2) is 0 Å². The average Bonchev–Trinajstić information content (AvgIpc) is 2.52. The van der Waals surface area contributed by atoms with E-state index in [2.05, 4.69) is 16.0 Å². The lowest BCUT2D eigenvalue weighted by Gasteiger charge is -2.24. The predicted molar refractivity (Wildman–Crippen MR) is 97.1 cm³/mol. The van der Waals surface area contributed by atoms with Gasteiger partial charge in [0.25, 0.3) is 0 Å². The first-order valence-corrected chi connectivity index (χ1v) is 8.60. The molecular weight excluding hydrogens is 326 g/mol. The van der Waals surface area contributed by atoms with Crippen molar-refractivity contribution in [3.8, 4) is 0 Å². The van der Waals surface area contributed by atoms with Crippen LogP contribution in [0.4, 0.5) is 5.69 Å². The molecule has 0 spiro atoms. The number of amides is 2. The summed E-state index contributed by atoms with van der Waals surface area (Å²) >= 11 is 0. The van der Waals surface area contributed by atoms with Gasteiger partial charge in [0, 0.05) is 24.7 Å². The van der Waals surface area contributed by atoms with E-state index in [1.165, 1.54) is 0 Å². The Morgan fingerprint density at radius 3 is 2.54 bits per heavy atom. The van der Waals surface area contributed by atoms with Gasteiger partial charge in [-0.15, -0.1) is 12.4 Å². The molecule has 1 aliphatic carbocycles. The van der Waals surface area contributed by atoms with Crippen LogP contribution in [-0.4, -0.2) is 24.9 Å². The van der Waals surface area contributed by atoms with Crippen LogP contribution in [0.15, 0.2) is 24.3 Å². The molecule has 2 fully saturated rings. The van der Waals surface area contributed by atoms with Gasteiger partial charge in [-0.25, -0.2) is 0 Å². The molecule has 3 N–H and O–H groups in total. The quantitative estimate of drug-likeness (QED) is 0.763. The number of carbonyl (C=O) groups excluding carboxylic acids is 2. The summed E-state index contributed by atoms with van der Waals surface area (Å²) in [7, 11) is 0. The summed E-state index contributed by atoms with van der Waals surface area (Å²) in [6.45, 7) is 2.28. The number of carbonyl (C=O) groups is 2. The summed E-state index contributed by atoms with van der Waals surface area (Å²) in [5.74, 6) is 0.481. The Hall–Kier alpha value is -1.59. The van der Waals surface area contributed by atoms with E-state index < -0.39 is 0 Å². The molecule has 2 amide bonds. The fourth-order valence-electron chi connectivity index (χ4n) is 3.08. The minimum absolute atomic E-state index is 0. The van der Waals surface area contributed by atoms with Gasteiger partial charge >= 0.3 is 0 Å². The second kappa shape index (κ2) is 9.04. The van der Waals surface area contributed by atoms with Gasteiger partial charge in [-0.05, 0) is 49.9 Å². The lowest BCUT2D eigenvalue weighted by atomic mass is 9.85.